The van der Waals surface area contributed by atoms with Crippen LogP contribution in [0.15, 0.2) is 6.33 Å². The van der Waals surface area contributed by atoms with Crippen LogP contribution in [0.4, 0.5) is 11.6 Å². The van der Waals surface area contributed by atoms with Crippen LogP contribution >= 0.6 is 0 Å². The molecule has 0 spiro atoms. The Kier molecular flexibility index (Phi) is 3.02. The fourth-order valence-electron chi connectivity index (χ4n) is 0.906. The average molecular weight is 182 g/mol. The highest BCUT2D eigenvalue weighted by atomic mass is 16.5. The molecular formula is C7H10N4O2. The molecule has 1 aromatic heterocycles. The maximum atomic E-state index is 9.85. The third-order valence-corrected chi connectivity index (χ3v) is 1.55. The van der Waals surface area contributed by atoms with E-state index in [0.717, 1.165) is 0 Å². The van der Waals surface area contributed by atoms with Crippen LogP contribution in [0.2, 0.25) is 0 Å². The first-order chi connectivity index (χ1) is 6.25. The lowest BCUT2D eigenvalue weighted by atomic mass is 10.2. The second kappa shape index (κ2) is 4.24. The van der Waals surface area contributed by atoms with Gasteiger partial charge in [-0.25, -0.2) is 9.97 Å². The van der Waals surface area contributed by atoms with Crippen molar-refractivity contribution in [2.75, 3.05) is 18.1 Å². The zero-order valence-corrected chi connectivity index (χ0v) is 6.93. The van der Waals surface area contributed by atoms with Crippen molar-refractivity contribution in [1.82, 2.24) is 9.97 Å². The Morgan fingerprint density at radius 2 is 2.00 bits per heavy atom. The SMILES string of the molecule is Nc1ncnc(N)c1CCOC=O. The number of nitrogens with two attached hydrogens (primary N) is 2. The van der Waals surface area contributed by atoms with Crippen LogP contribution in [0.25, 0.3) is 0 Å². The molecule has 6 heteroatoms. The lowest BCUT2D eigenvalue weighted by Crippen LogP contribution is -2.07. The molecule has 1 heterocycles. The highest BCUT2D eigenvalue weighted by Crippen LogP contribution is 2.13. The van der Waals surface area contributed by atoms with Gasteiger partial charge < -0.3 is 16.2 Å². The molecule has 13 heavy (non-hydrogen) atoms. The number of nitrogen functional groups attached to an aromatic ring is 2. The van der Waals surface area contributed by atoms with Gasteiger partial charge in [-0.15, -0.1) is 0 Å². The van der Waals surface area contributed by atoms with E-state index < -0.39 is 0 Å². The maximum Gasteiger partial charge on any atom is 0.293 e. The first kappa shape index (κ1) is 9.24. The summed E-state index contributed by atoms with van der Waals surface area (Å²) >= 11 is 0. The summed E-state index contributed by atoms with van der Waals surface area (Å²) < 4.78 is 4.50. The molecule has 0 aliphatic rings. The molecule has 6 nitrogen and oxygen atoms in total. The van der Waals surface area contributed by atoms with Crippen molar-refractivity contribution in [2.45, 2.75) is 6.42 Å². The average Bonchev–Trinajstić information content (AvgIpc) is 2.10. The molecule has 0 aliphatic carbocycles. The van der Waals surface area contributed by atoms with Crippen LogP contribution in [0, 0.1) is 0 Å². The molecule has 0 saturated heterocycles. The Labute approximate surface area is 74.9 Å². The number of ether oxygens (including phenoxy) is 1. The van der Waals surface area contributed by atoms with Crippen LogP contribution in [-0.4, -0.2) is 23.0 Å². The molecule has 1 rings (SSSR count). The van der Waals surface area contributed by atoms with Gasteiger partial charge in [0.25, 0.3) is 6.47 Å². The molecule has 0 atom stereocenters. The van der Waals surface area contributed by atoms with Crippen molar-refractivity contribution >= 4 is 18.1 Å². The number of aromatic nitrogens is 2. The quantitative estimate of drug-likeness (QED) is 0.474. The Hall–Kier alpha value is -1.85. The minimum absolute atomic E-state index is 0.227. The van der Waals surface area contributed by atoms with E-state index in [1.807, 2.05) is 0 Å². The Bertz CT molecular complexity index is 282. The molecule has 1 aromatic rings. The number of hydrogen-bond donors (Lipinski definition) is 2. The van der Waals surface area contributed by atoms with E-state index in [1.54, 1.807) is 0 Å². The van der Waals surface area contributed by atoms with E-state index in [1.165, 1.54) is 6.33 Å². The van der Waals surface area contributed by atoms with Gasteiger partial charge in [0.1, 0.15) is 18.0 Å². The van der Waals surface area contributed by atoms with Gasteiger partial charge in [0.15, 0.2) is 0 Å². The molecule has 70 valence electrons. The predicted molar refractivity (Wildman–Crippen MR) is 46.6 cm³/mol. The van der Waals surface area contributed by atoms with Gasteiger partial charge in [-0.05, 0) is 0 Å². The van der Waals surface area contributed by atoms with E-state index >= 15 is 0 Å². The van der Waals surface area contributed by atoms with Gasteiger partial charge in [-0.3, -0.25) is 4.79 Å². The topological polar surface area (TPSA) is 104 Å². The summed E-state index contributed by atoms with van der Waals surface area (Å²) in [4.78, 5) is 17.4. The van der Waals surface area contributed by atoms with Crippen molar-refractivity contribution in [3.8, 4) is 0 Å². The maximum absolute atomic E-state index is 9.85. The van der Waals surface area contributed by atoms with E-state index in [9.17, 15) is 4.79 Å². The molecule has 0 saturated carbocycles. The van der Waals surface area contributed by atoms with Gasteiger partial charge in [0.2, 0.25) is 0 Å². The van der Waals surface area contributed by atoms with Gasteiger partial charge in [-0.2, -0.15) is 0 Å². The summed E-state index contributed by atoms with van der Waals surface area (Å²) in [6, 6.07) is 0. The minimum Gasteiger partial charge on any atom is -0.468 e. The Balaban J connectivity index is 2.69. The van der Waals surface area contributed by atoms with Crippen molar-refractivity contribution in [2.24, 2.45) is 0 Å². The summed E-state index contributed by atoms with van der Waals surface area (Å²) in [5.74, 6) is 0.643. The minimum atomic E-state index is 0.227. The standard InChI is InChI=1S/C7H10N4O2/c8-6-5(1-2-13-4-12)7(9)11-3-10-6/h3-4H,1-2H2,(H4,8,9,10,11). The van der Waals surface area contributed by atoms with E-state index in [4.69, 9.17) is 11.5 Å². The van der Waals surface area contributed by atoms with Crippen LogP contribution in [0.3, 0.4) is 0 Å². The fourth-order valence-corrected chi connectivity index (χ4v) is 0.906. The van der Waals surface area contributed by atoms with E-state index in [-0.39, 0.29) is 6.61 Å². The van der Waals surface area contributed by atoms with Crippen molar-refractivity contribution in [3.05, 3.63) is 11.9 Å². The zero-order chi connectivity index (χ0) is 9.68. The predicted octanol–water partition coefficient (Wildman–Crippen LogP) is -0.644. The normalized spacial score (nSPS) is 9.54. The zero-order valence-electron chi connectivity index (χ0n) is 6.93. The Morgan fingerprint density at radius 3 is 2.54 bits per heavy atom. The lowest BCUT2D eigenvalue weighted by Gasteiger charge is -2.05. The van der Waals surface area contributed by atoms with Crippen LogP contribution in [0.5, 0.6) is 0 Å². The molecule has 0 aliphatic heterocycles. The van der Waals surface area contributed by atoms with E-state index in [0.29, 0.717) is 30.1 Å². The van der Waals surface area contributed by atoms with Crippen molar-refractivity contribution in [3.63, 3.8) is 0 Å². The van der Waals surface area contributed by atoms with Gasteiger partial charge in [-0.1, -0.05) is 0 Å². The van der Waals surface area contributed by atoms with Gasteiger partial charge in [0, 0.05) is 12.0 Å². The molecule has 0 unspecified atom stereocenters. The summed E-state index contributed by atoms with van der Waals surface area (Å²) in [7, 11) is 0. The monoisotopic (exact) mass is 182 g/mol. The number of rotatable bonds is 4. The molecule has 0 aromatic carbocycles. The van der Waals surface area contributed by atoms with Gasteiger partial charge in [0.05, 0.1) is 6.61 Å². The van der Waals surface area contributed by atoms with Crippen LogP contribution in [0.1, 0.15) is 5.56 Å². The third kappa shape index (κ3) is 2.29. The number of nitrogens with zero attached hydrogens (tertiary/aromatic N) is 2. The first-order valence-corrected chi connectivity index (χ1v) is 3.65. The number of carbonyl (C=O) groups excluding carboxylic acids is 1. The van der Waals surface area contributed by atoms with Crippen molar-refractivity contribution in [1.29, 1.82) is 0 Å². The lowest BCUT2D eigenvalue weighted by molar-refractivity contribution is -0.128. The molecular weight excluding hydrogens is 172 g/mol. The number of carbonyl (C=O) groups is 1. The van der Waals surface area contributed by atoms with Gasteiger partial charge >= 0.3 is 0 Å². The van der Waals surface area contributed by atoms with Crippen LogP contribution in [-0.2, 0) is 16.0 Å². The highest BCUT2D eigenvalue weighted by molar-refractivity contribution is 5.52. The second-order valence-corrected chi connectivity index (χ2v) is 2.34. The summed E-state index contributed by atoms with van der Waals surface area (Å²) in [6.45, 7) is 0.599. The summed E-state index contributed by atoms with van der Waals surface area (Å²) in [6.07, 6.45) is 1.71. The molecule has 0 radical (unpaired) electrons. The molecule has 0 bridgehead atoms. The van der Waals surface area contributed by atoms with Crippen LogP contribution < -0.4 is 11.5 Å². The van der Waals surface area contributed by atoms with Crippen molar-refractivity contribution < 1.29 is 9.53 Å². The largest absolute Gasteiger partial charge is 0.468 e. The summed E-state index contributed by atoms with van der Waals surface area (Å²) in [5.41, 5.74) is 11.7. The number of anilines is 2. The smallest absolute Gasteiger partial charge is 0.293 e. The molecule has 0 amide bonds. The second-order valence-electron chi connectivity index (χ2n) is 2.34. The molecule has 0 fully saturated rings. The Morgan fingerprint density at radius 1 is 1.38 bits per heavy atom. The molecule has 4 N–H and O–H groups in total. The third-order valence-electron chi connectivity index (χ3n) is 1.55. The van der Waals surface area contributed by atoms with E-state index in [2.05, 4.69) is 14.7 Å². The highest BCUT2D eigenvalue weighted by Gasteiger charge is 2.05. The number of hydrogen-bond acceptors (Lipinski definition) is 6. The fraction of sp³-hybridized carbons (Fsp3) is 0.286. The first-order valence-electron chi connectivity index (χ1n) is 3.65. The summed E-state index contributed by atoms with van der Waals surface area (Å²) in [5, 5.41) is 0.